The molecule has 0 saturated heterocycles. The quantitative estimate of drug-likeness (QED) is 0.598. The highest BCUT2D eigenvalue weighted by Gasteiger charge is 2.05. The van der Waals surface area contributed by atoms with E-state index in [1.54, 1.807) is 5.38 Å². The highest BCUT2D eigenvalue weighted by Crippen LogP contribution is 2.15. The third kappa shape index (κ3) is 5.86. The van der Waals surface area contributed by atoms with Gasteiger partial charge in [-0.15, -0.1) is 11.3 Å². The fourth-order valence-corrected chi connectivity index (χ4v) is 1.98. The van der Waals surface area contributed by atoms with E-state index >= 15 is 0 Å². The molecule has 1 aromatic rings. The van der Waals surface area contributed by atoms with E-state index in [0.29, 0.717) is 23.8 Å². The van der Waals surface area contributed by atoms with E-state index in [1.165, 1.54) is 11.3 Å². The van der Waals surface area contributed by atoms with Crippen LogP contribution in [0.3, 0.4) is 0 Å². The van der Waals surface area contributed by atoms with E-state index in [0.717, 1.165) is 12.8 Å². The number of aromatic nitrogens is 1. The van der Waals surface area contributed by atoms with Gasteiger partial charge in [0.2, 0.25) is 5.91 Å². The van der Waals surface area contributed by atoms with Crippen molar-refractivity contribution in [1.82, 2.24) is 4.98 Å². The topological polar surface area (TPSA) is 105 Å². The van der Waals surface area contributed by atoms with Crippen LogP contribution < -0.4 is 11.1 Å². The largest absolute Gasteiger partial charge is 0.481 e. The molecule has 0 saturated carbocycles. The van der Waals surface area contributed by atoms with Crippen molar-refractivity contribution < 1.29 is 14.7 Å². The number of primary amides is 1. The van der Waals surface area contributed by atoms with Gasteiger partial charge in [0.05, 0.1) is 12.1 Å². The van der Waals surface area contributed by atoms with Crippen molar-refractivity contribution >= 4 is 28.3 Å². The highest BCUT2D eigenvalue weighted by atomic mass is 32.1. The van der Waals surface area contributed by atoms with Crippen LogP contribution in [0.5, 0.6) is 0 Å². The van der Waals surface area contributed by atoms with Crippen LogP contribution in [-0.4, -0.2) is 28.5 Å². The number of aliphatic carboxylic acids is 1. The molecule has 1 amide bonds. The van der Waals surface area contributed by atoms with E-state index in [4.69, 9.17) is 10.8 Å². The van der Waals surface area contributed by atoms with Crippen LogP contribution in [0, 0.1) is 0 Å². The zero-order valence-corrected chi connectivity index (χ0v) is 10.1. The van der Waals surface area contributed by atoms with Gasteiger partial charge in [-0.2, -0.15) is 0 Å². The third-order valence-electron chi connectivity index (χ3n) is 2.01. The summed E-state index contributed by atoms with van der Waals surface area (Å²) in [6.45, 7) is 0.702. The number of amides is 1. The molecule has 1 heterocycles. The second-order valence-corrected chi connectivity index (χ2v) is 4.42. The number of carbonyl (C=O) groups is 2. The first-order chi connectivity index (χ1) is 8.08. The van der Waals surface area contributed by atoms with Crippen LogP contribution in [-0.2, 0) is 16.0 Å². The number of unbranched alkanes of at least 4 members (excludes halogenated alkanes) is 1. The number of hydrogen-bond donors (Lipinski definition) is 3. The predicted molar refractivity (Wildman–Crippen MR) is 65.0 cm³/mol. The van der Waals surface area contributed by atoms with Gasteiger partial charge < -0.3 is 16.2 Å². The average Bonchev–Trinajstić information content (AvgIpc) is 2.63. The molecule has 0 fully saturated rings. The van der Waals surface area contributed by atoms with E-state index < -0.39 is 5.97 Å². The number of nitrogens with zero attached hydrogens (tertiary/aromatic N) is 1. The normalized spacial score (nSPS) is 10.1. The molecule has 0 bridgehead atoms. The summed E-state index contributed by atoms with van der Waals surface area (Å²) in [6, 6.07) is 0. The molecule has 17 heavy (non-hydrogen) atoms. The minimum Gasteiger partial charge on any atom is -0.481 e. The van der Waals surface area contributed by atoms with Gasteiger partial charge in [-0.05, 0) is 12.8 Å². The molecule has 0 aromatic carbocycles. The average molecular weight is 257 g/mol. The molecule has 7 heteroatoms. The first-order valence-corrected chi connectivity index (χ1v) is 6.14. The molecule has 0 aliphatic rings. The Balaban J connectivity index is 2.21. The molecule has 4 N–H and O–H groups in total. The lowest BCUT2D eigenvalue weighted by Crippen LogP contribution is -2.10. The molecule has 6 nitrogen and oxygen atoms in total. The van der Waals surface area contributed by atoms with Crippen LogP contribution in [0.4, 0.5) is 5.13 Å². The lowest BCUT2D eigenvalue weighted by molar-refractivity contribution is -0.136. The smallest absolute Gasteiger partial charge is 0.309 e. The molecule has 0 radical (unpaired) electrons. The van der Waals surface area contributed by atoms with E-state index in [1.807, 2.05) is 0 Å². The van der Waals surface area contributed by atoms with Gasteiger partial charge in [0.1, 0.15) is 0 Å². The maximum atomic E-state index is 10.5. The van der Waals surface area contributed by atoms with E-state index in [-0.39, 0.29) is 12.3 Å². The van der Waals surface area contributed by atoms with Gasteiger partial charge in [0, 0.05) is 18.3 Å². The molecule has 94 valence electrons. The fraction of sp³-hybridized carbons (Fsp3) is 0.500. The molecular weight excluding hydrogens is 242 g/mol. The van der Waals surface area contributed by atoms with Crippen LogP contribution in [0.2, 0.25) is 0 Å². The second kappa shape index (κ2) is 6.85. The number of carbonyl (C=O) groups excluding carboxylic acids is 1. The maximum Gasteiger partial charge on any atom is 0.309 e. The zero-order chi connectivity index (χ0) is 12.7. The fourth-order valence-electron chi connectivity index (χ4n) is 1.24. The van der Waals surface area contributed by atoms with Gasteiger partial charge in [0.25, 0.3) is 0 Å². The summed E-state index contributed by atoms with van der Waals surface area (Å²) < 4.78 is 0. The Bertz CT molecular complexity index is 392. The maximum absolute atomic E-state index is 10.5. The Morgan fingerprint density at radius 3 is 2.88 bits per heavy atom. The summed E-state index contributed by atoms with van der Waals surface area (Å²) in [7, 11) is 0. The van der Waals surface area contributed by atoms with Gasteiger partial charge in [0.15, 0.2) is 5.13 Å². The van der Waals surface area contributed by atoms with Crippen molar-refractivity contribution in [3.8, 4) is 0 Å². The van der Waals surface area contributed by atoms with Crippen LogP contribution in [0.15, 0.2) is 5.38 Å². The number of nitrogens with two attached hydrogens (primary N) is 1. The number of hydrogen-bond acceptors (Lipinski definition) is 5. The number of rotatable bonds is 8. The van der Waals surface area contributed by atoms with Crippen molar-refractivity contribution in [1.29, 1.82) is 0 Å². The summed E-state index contributed by atoms with van der Waals surface area (Å²) in [5, 5.41) is 14.1. The molecule has 0 aliphatic heterocycles. The van der Waals surface area contributed by atoms with Crippen LogP contribution >= 0.6 is 11.3 Å². The molecule has 0 aliphatic carbocycles. The summed E-state index contributed by atoms with van der Waals surface area (Å²) >= 11 is 1.38. The van der Waals surface area contributed by atoms with E-state index in [2.05, 4.69) is 10.3 Å². The Kier molecular flexibility index (Phi) is 5.41. The number of carboxylic acids is 1. The first kappa shape index (κ1) is 13.4. The summed E-state index contributed by atoms with van der Waals surface area (Å²) in [5.41, 5.74) is 5.57. The van der Waals surface area contributed by atoms with Crippen molar-refractivity contribution in [3.05, 3.63) is 11.1 Å². The molecule has 0 atom stereocenters. The minimum atomic E-state index is -0.886. The van der Waals surface area contributed by atoms with Crippen molar-refractivity contribution in [3.63, 3.8) is 0 Å². The molecule has 1 aromatic heterocycles. The number of carboxylic acid groups (broad SMARTS) is 1. The van der Waals surface area contributed by atoms with Crippen molar-refractivity contribution in [2.45, 2.75) is 25.7 Å². The van der Waals surface area contributed by atoms with Crippen molar-refractivity contribution in [2.24, 2.45) is 5.73 Å². The monoisotopic (exact) mass is 257 g/mol. The van der Waals surface area contributed by atoms with Crippen molar-refractivity contribution in [2.75, 3.05) is 11.9 Å². The second-order valence-electron chi connectivity index (χ2n) is 3.56. The predicted octanol–water partition coefficient (Wildman–Crippen LogP) is 0.838. The molecule has 0 spiro atoms. The molecule has 1 rings (SSSR count). The Hall–Kier alpha value is -1.63. The molecular formula is C10H15N3O3S. The third-order valence-corrected chi connectivity index (χ3v) is 2.86. The number of nitrogens with one attached hydrogen (secondary N) is 1. The van der Waals surface area contributed by atoms with Gasteiger partial charge in [-0.1, -0.05) is 0 Å². The lowest BCUT2D eigenvalue weighted by Gasteiger charge is -2.00. The van der Waals surface area contributed by atoms with Crippen LogP contribution in [0.1, 0.15) is 25.0 Å². The first-order valence-electron chi connectivity index (χ1n) is 5.26. The molecule has 0 unspecified atom stereocenters. The number of thiazole rings is 1. The van der Waals surface area contributed by atoms with Crippen LogP contribution in [0.25, 0.3) is 0 Å². The van der Waals surface area contributed by atoms with Gasteiger partial charge in [-0.3, -0.25) is 9.59 Å². The summed E-state index contributed by atoms with van der Waals surface area (Å²) in [5.74, 6) is -1.17. The summed E-state index contributed by atoms with van der Waals surface area (Å²) in [4.78, 5) is 25.0. The Morgan fingerprint density at radius 2 is 2.24 bits per heavy atom. The van der Waals surface area contributed by atoms with Gasteiger partial charge in [-0.25, -0.2) is 4.98 Å². The Morgan fingerprint density at radius 1 is 1.47 bits per heavy atom. The summed E-state index contributed by atoms with van der Waals surface area (Å²) in [6.07, 6.45) is 1.91. The zero-order valence-electron chi connectivity index (χ0n) is 9.31. The van der Waals surface area contributed by atoms with E-state index in [9.17, 15) is 9.59 Å². The highest BCUT2D eigenvalue weighted by molar-refractivity contribution is 7.13. The standard InChI is InChI=1S/C10H15N3O3S/c11-8(14)3-1-2-4-12-10-13-7(6-17-10)5-9(15)16/h6H,1-5H2,(H2,11,14)(H,12,13)(H,15,16). The van der Waals surface area contributed by atoms with Gasteiger partial charge >= 0.3 is 5.97 Å². The minimum absolute atomic E-state index is 0.0557. The number of anilines is 1. The SMILES string of the molecule is NC(=O)CCCCNc1nc(CC(=O)O)cs1. The lowest BCUT2D eigenvalue weighted by atomic mass is 10.2. The Labute approximate surface area is 103 Å².